The summed E-state index contributed by atoms with van der Waals surface area (Å²) >= 11 is 0. The molecule has 3 N–H and O–H groups in total. The number of hydrogen-bond acceptors (Lipinski definition) is 5. The fourth-order valence-electron chi connectivity index (χ4n) is 10.8. The van der Waals surface area contributed by atoms with E-state index in [9.17, 15) is 19.8 Å². The number of aliphatic hydroxyl groups excluding tert-OH is 2. The highest BCUT2D eigenvalue weighted by atomic mass is 16.5. The second-order valence-corrected chi connectivity index (χ2v) is 23.2. The Morgan fingerprint density at radius 3 is 0.847 bits per heavy atom. The van der Waals surface area contributed by atoms with Gasteiger partial charge in [-0.2, -0.15) is 0 Å². The zero-order valence-corrected chi connectivity index (χ0v) is 49.2. The van der Waals surface area contributed by atoms with E-state index in [1.807, 2.05) is 0 Å². The molecule has 0 saturated heterocycles. The Morgan fingerprint density at radius 2 is 0.569 bits per heavy atom. The van der Waals surface area contributed by atoms with E-state index in [4.69, 9.17) is 4.74 Å². The van der Waals surface area contributed by atoms with E-state index in [-0.39, 0.29) is 18.5 Å². The summed E-state index contributed by atoms with van der Waals surface area (Å²) < 4.78 is 5.47. The molecule has 0 aliphatic heterocycles. The highest BCUT2D eigenvalue weighted by Gasteiger charge is 2.20. The van der Waals surface area contributed by atoms with Gasteiger partial charge in [0.2, 0.25) is 5.91 Å². The van der Waals surface area contributed by atoms with Crippen LogP contribution in [0.1, 0.15) is 386 Å². The van der Waals surface area contributed by atoms with E-state index in [1.165, 1.54) is 315 Å². The van der Waals surface area contributed by atoms with Crippen molar-refractivity contribution in [3.63, 3.8) is 0 Å². The van der Waals surface area contributed by atoms with Crippen LogP contribution in [0, 0.1) is 0 Å². The second-order valence-electron chi connectivity index (χ2n) is 23.2. The van der Waals surface area contributed by atoms with Gasteiger partial charge in [0.1, 0.15) is 0 Å². The van der Waals surface area contributed by atoms with Gasteiger partial charge in [0.05, 0.1) is 25.4 Å². The number of rotatable bonds is 63. The monoisotopic (exact) mass is 1020 g/mol. The normalized spacial score (nSPS) is 12.4. The van der Waals surface area contributed by atoms with Crippen LogP contribution in [0.2, 0.25) is 0 Å². The number of carbonyl (C=O) groups excluding carboxylic acids is 2. The van der Waals surface area contributed by atoms with Crippen LogP contribution < -0.4 is 5.32 Å². The number of carbonyl (C=O) groups is 2. The standard InChI is InChI=1S/C66H131NO5/c1-3-5-7-9-11-13-15-16-17-18-29-32-35-39-42-46-50-54-58-64(69)63(62-68)67-65(70)59-55-51-47-43-40-36-33-30-27-25-23-21-19-20-22-24-26-28-31-34-37-41-45-49-53-57-61-72-66(71)60-56-52-48-44-38-14-12-10-8-6-4-2/h63-64,68-69H,3-62H2,1-2H3,(H,67,70). The second kappa shape index (κ2) is 62.4. The fraction of sp³-hybridized carbons (Fsp3) is 0.970. The molecule has 430 valence electrons. The smallest absolute Gasteiger partial charge is 0.305 e. The van der Waals surface area contributed by atoms with Crippen molar-refractivity contribution in [1.82, 2.24) is 5.32 Å². The summed E-state index contributed by atoms with van der Waals surface area (Å²) in [4.78, 5) is 24.5. The van der Waals surface area contributed by atoms with E-state index in [0.717, 1.165) is 38.5 Å². The van der Waals surface area contributed by atoms with E-state index in [0.29, 0.717) is 25.9 Å². The van der Waals surface area contributed by atoms with Gasteiger partial charge in [-0.05, 0) is 25.7 Å². The van der Waals surface area contributed by atoms with Gasteiger partial charge >= 0.3 is 5.97 Å². The van der Waals surface area contributed by atoms with Crippen LogP contribution >= 0.6 is 0 Å². The fourth-order valence-corrected chi connectivity index (χ4v) is 10.8. The van der Waals surface area contributed by atoms with Crippen LogP contribution in [0.3, 0.4) is 0 Å². The SMILES string of the molecule is CCCCCCCCCCCCCCCCCCCCC(O)C(CO)NC(=O)CCCCCCCCCCCCCCCCCCCCCCCCCCCCOC(=O)CCCCCCCCCCCCC. The lowest BCUT2D eigenvalue weighted by atomic mass is 10.0. The zero-order chi connectivity index (χ0) is 52.2. The van der Waals surface area contributed by atoms with Crippen LogP contribution in [-0.4, -0.2) is 47.4 Å². The molecule has 2 atom stereocenters. The lowest BCUT2D eigenvalue weighted by molar-refractivity contribution is -0.143. The van der Waals surface area contributed by atoms with E-state index in [2.05, 4.69) is 19.2 Å². The third kappa shape index (κ3) is 58.1. The summed E-state index contributed by atoms with van der Waals surface area (Å²) in [6, 6.07) is -0.539. The minimum absolute atomic E-state index is 0.0180. The van der Waals surface area contributed by atoms with Gasteiger partial charge in [0.15, 0.2) is 0 Å². The van der Waals surface area contributed by atoms with Crippen LogP contribution in [0.5, 0.6) is 0 Å². The lowest BCUT2D eigenvalue weighted by Gasteiger charge is -2.22. The molecule has 0 saturated carbocycles. The van der Waals surface area contributed by atoms with Crippen LogP contribution in [0.4, 0.5) is 0 Å². The lowest BCUT2D eigenvalue weighted by Crippen LogP contribution is -2.45. The maximum Gasteiger partial charge on any atom is 0.305 e. The Labute approximate surface area is 451 Å². The van der Waals surface area contributed by atoms with Crippen molar-refractivity contribution in [2.24, 2.45) is 0 Å². The average molecular weight is 1020 g/mol. The first-order valence-corrected chi connectivity index (χ1v) is 33.3. The third-order valence-electron chi connectivity index (χ3n) is 15.9. The van der Waals surface area contributed by atoms with Crippen LogP contribution in [-0.2, 0) is 14.3 Å². The highest BCUT2D eigenvalue weighted by Crippen LogP contribution is 2.19. The number of unbranched alkanes of at least 4 members (excludes halogenated alkanes) is 52. The molecule has 0 aromatic rings. The molecule has 0 aromatic heterocycles. The molecular weight excluding hydrogens is 887 g/mol. The molecule has 0 rings (SSSR count). The van der Waals surface area contributed by atoms with Crippen molar-refractivity contribution in [1.29, 1.82) is 0 Å². The predicted molar refractivity (Wildman–Crippen MR) is 315 cm³/mol. The zero-order valence-electron chi connectivity index (χ0n) is 49.2. The number of nitrogens with one attached hydrogen (secondary N) is 1. The first-order chi connectivity index (χ1) is 35.5. The molecule has 0 heterocycles. The Bertz CT molecular complexity index is 1040. The highest BCUT2D eigenvalue weighted by molar-refractivity contribution is 5.76. The molecule has 2 unspecified atom stereocenters. The predicted octanol–water partition coefficient (Wildman–Crippen LogP) is 21.0. The molecule has 0 aliphatic rings. The van der Waals surface area contributed by atoms with Crippen LogP contribution in [0.15, 0.2) is 0 Å². The van der Waals surface area contributed by atoms with E-state index in [1.54, 1.807) is 0 Å². The first kappa shape index (κ1) is 70.9. The molecule has 6 heteroatoms. The summed E-state index contributed by atoms with van der Waals surface area (Å²) in [5.41, 5.74) is 0. The Hall–Kier alpha value is -1.14. The molecule has 0 aliphatic carbocycles. The van der Waals surface area contributed by atoms with E-state index >= 15 is 0 Å². The summed E-state index contributed by atoms with van der Waals surface area (Å²) in [5.74, 6) is -0.0102. The molecular formula is C66H131NO5. The maximum absolute atomic E-state index is 12.5. The maximum atomic E-state index is 12.5. The molecule has 1 amide bonds. The molecule has 0 spiro atoms. The largest absolute Gasteiger partial charge is 0.466 e. The quantitative estimate of drug-likeness (QED) is 0.0417. The minimum atomic E-state index is -0.662. The molecule has 0 radical (unpaired) electrons. The van der Waals surface area contributed by atoms with Crippen molar-refractivity contribution in [2.45, 2.75) is 398 Å². The molecule has 6 nitrogen and oxygen atoms in total. The van der Waals surface area contributed by atoms with Crippen molar-refractivity contribution in [3.05, 3.63) is 0 Å². The minimum Gasteiger partial charge on any atom is -0.466 e. The van der Waals surface area contributed by atoms with Gasteiger partial charge in [-0.1, -0.05) is 348 Å². The number of hydrogen-bond donors (Lipinski definition) is 3. The van der Waals surface area contributed by atoms with Gasteiger partial charge in [-0.15, -0.1) is 0 Å². The van der Waals surface area contributed by atoms with Gasteiger partial charge in [-0.25, -0.2) is 0 Å². The van der Waals surface area contributed by atoms with Crippen LogP contribution in [0.25, 0.3) is 0 Å². The summed E-state index contributed by atoms with van der Waals surface area (Å²) in [6.45, 7) is 4.99. The number of amides is 1. The summed E-state index contributed by atoms with van der Waals surface area (Å²) in [6.07, 6.45) is 74.2. The van der Waals surface area contributed by atoms with E-state index < -0.39 is 12.1 Å². The molecule has 0 fully saturated rings. The van der Waals surface area contributed by atoms with Crippen molar-refractivity contribution >= 4 is 11.9 Å². The van der Waals surface area contributed by atoms with Crippen molar-refractivity contribution < 1.29 is 24.5 Å². The Balaban J connectivity index is 3.35. The number of esters is 1. The van der Waals surface area contributed by atoms with Gasteiger partial charge < -0.3 is 20.3 Å². The first-order valence-electron chi connectivity index (χ1n) is 33.3. The van der Waals surface area contributed by atoms with Gasteiger partial charge in [0, 0.05) is 12.8 Å². The van der Waals surface area contributed by atoms with Gasteiger partial charge in [-0.3, -0.25) is 9.59 Å². The third-order valence-corrected chi connectivity index (χ3v) is 15.9. The van der Waals surface area contributed by atoms with Crippen molar-refractivity contribution in [2.75, 3.05) is 13.2 Å². The molecule has 0 aromatic carbocycles. The molecule has 0 bridgehead atoms. The Kier molecular flexibility index (Phi) is 61.4. The summed E-state index contributed by atoms with van der Waals surface area (Å²) in [7, 11) is 0. The molecule has 72 heavy (non-hydrogen) atoms. The van der Waals surface area contributed by atoms with Gasteiger partial charge in [0.25, 0.3) is 0 Å². The number of ether oxygens (including phenoxy) is 1. The topological polar surface area (TPSA) is 95.9 Å². The summed E-state index contributed by atoms with van der Waals surface area (Å²) in [5, 5.41) is 23.4. The average Bonchev–Trinajstić information content (AvgIpc) is 3.38. The van der Waals surface area contributed by atoms with Crippen molar-refractivity contribution in [3.8, 4) is 0 Å². The number of aliphatic hydroxyl groups is 2. The Morgan fingerprint density at radius 1 is 0.333 bits per heavy atom.